The molecule has 0 saturated carbocycles. The summed E-state index contributed by atoms with van der Waals surface area (Å²) in [5.74, 6) is 0.869. The first-order valence-corrected chi connectivity index (χ1v) is 8.41. The van der Waals surface area contributed by atoms with Crippen molar-refractivity contribution in [1.29, 1.82) is 0 Å². The molecule has 0 spiro atoms. The molecule has 1 amide bonds. The Labute approximate surface area is 148 Å². The number of ether oxygens (including phenoxy) is 1. The molecule has 2 aromatic rings. The van der Waals surface area contributed by atoms with E-state index in [0.717, 1.165) is 17.7 Å². The molecule has 3 N–H and O–H groups in total. The number of anilines is 2. The highest BCUT2D eigenvalue weighted by Gasteiger charge is 2.18. The fourth-order valence-electron chi connectivity index (χ4n) is 2.32. The standard InChI is InChI=1S/C19H23ClN2O2/c1-4-12(2)15-7-5-6-8-18(15)24-13(3)19(23)22-14-9-10-16(20)17(21)11-14/h5-13H,4,21H2,1-3H3,(H,22,23)/t12-,13-/m0/s1. The molecule has 0 saturated heterocycles. The van der Waals surface area contributed by atoms with Crippen LogP contribution in [-0.2, 0) is 4.79 Å². The maximum absolute atomic E-state index is 12.4. The van der Waals surface area contributed by atoms with Crippen LogP contribution in [0.15, 0.2) is 42.5 Å². The molecular formula is C19H23ClN2O2. The van der Waals surface area contributed by atoms with Crippen LogP contribution in [0, 0.1) is 0 Å². The number of benzene rings is 2. The van der Waals surface area contributed by atoms with E-state index in [9.17, 15) is 4.79 Å². The van der Waals surface area contributed by atoms with E-state index in [1.807, 2.05) is 24.3 Å². The van der Waals surface area contributed by atoms with Gasteiger partial charge in [-0.1, -0.05) is 43.6 Å². The molecule has 0 fully saturated rings. The van der Waals surface area contributed by atoms with Crippen LogP contribution in [0.2, 0.25) is 5.02 Å². The van der Waals surface area contributed by atoms with E-state index in [0.29, 0.717) is 22.3 Å². The number of para-hydroxylation sites is 1. The van der Waals surface area contributed by atoms with Gasteiger partial charge in [-0.15, -0.1) is 0 Å². The smallest absolute Gasteiger partial charge is 0.265 e. The number of nitrogens with one attached hydrogen (secondary N) is 1. The minimum absolute atomic E-state index is 0.240. The molecule has 0 aromatic heterocycles. The van der Waals surface area contributed by atoms with Crippen molar-refractivity contribution in [3.8, 4) is 5.75 Å². The Kier molecular flexibility index (Phi) is 6.10. The number of nitrogen functional groups attached to an aromatic ring is 1. The second-order valence-corrected chi connectivity index (χ2v) is 6.24. The van der Waals surface area contributed by atoms with Gasteiger partial charge in [0.25, 0.3) is 5.91 Å². The molecule has 0 aliphatic rings. The normalized spacial score (nSPS) is 13.2. The maximum atomic E-state index is 12.4. The van der Waals surface area contributed by atoms with Crippen LogP contribution < -0.4 is 15.8 Å². The highest BCUT2D eigenvalue weighted by molar-refractivity contribution is 6.33. The third-order valence-corrected chi connectivity index (χ3v) is 4.34. The van der Waals surface area contributed by atoms with Crippen LogP contribution in [0.5, 0.6) is 5.75 Å². The lowest BCUT2D eigenvalue weighted by molar-refractivity contribution is -0.122. The Morgan fingerprint density at radius 2 is 1.96 bits per heavy atom. The van der Waals surface area contributed by atoms with E-state index in [2.05, 4.69) is 19.2 Å². The summed E-state index contributed by atoms with van der Waals surface area (Å²) in [6, 6.07) is 12.8. The maximum Gasteiger partial charge on any atom is 0.265 e. The fraction of sp³-hybridized carbons (Fsp3) is 0.316. The topological polar surface area (TPSA) is 64.3 Å². The monoisotopic (exact) mass is 346 g/mol. The second kappa shape index (κ2) is 8.06. The Morgan fingerprint density at radius 1 is 1.25 bits per heavy atom. The average Bonchev–Trinajstić information content (AvgIpc) is 2.58. The van der Waals surface area contributed by atoms with Crippen LogP contribution in [0.4, 0.5) is 11.4 Å². The summed E-state index contributed by atoms with van der Waals surface area (Å²) < 4.78 is 5.89. The lowest BCUT2D eigenvalue weighted by Gasteiger charge is -2.19. The Morgan fingerprint density at radius 3 is 2.62 bits per heavy atom. The van der Waals surface area contributed by atoms with Crippen LogP contribution in [0.1, 0.15) is 38.7 Å². The Bertz CT molecular complexity index is 718. The summed E-state index contributed by atoms with van der Waals surface area (Å²) in [5.41, 5.74) is 7.87. The summed E-state index contributed by atoms with van der Waals surface area (Å²) in [6.07, 6.45) is 0.373. The number of nitrogens with two attached hydrogens (primary N) is 1. The molecule has 2 aromatic carbocycles. The number of hydrogen-bond donors (Lipinski definition) is 2. The zero-order valence-electron chi connectivity index (χ0n) is 14.2. The highest BCUT2D eigenvalue weighted by Crippen LogP contribution is 2.29. The van der Waals surface area contributed by atoms with E-state index in [-0.39, 0.29) is 5.91 Å². The van der Waals surface area contributed by atoms with Gasteiger partial charge in [-0.05, 0) is 49.1 Å². The molecule has 0 radical (unpaired) electrons. The Hall–Kier alpha value is -2.20. The first kappa shape index (κ1) is 18.1. The third kappa shape index (κ3) is 4.42. The van der Waals surface area contributed by atoms with Crippen molar-refractivity contribution in [3.05, 3.63) is 53.1 Å². The molecule has 0 unspecified atom stereocenters. The molecular weight excluding hydrogens is 324 g/mol. The van der Waals surface area contributed by atoms with Crippen molar-refractivity contribution < 1.29 is 9.53 Å². The van der Waals surface area contributed by atoms with Gasteiger partial charge in [-0.25, -0.2) is 0 Å². The molecule has 24 heavy (non-hydrogen) atoms. The van der Waals surface area contributed by atoms with E-state index < -0.39 is 6.10 Å². The second-order valence-electron chi connectivity index (χ2n) is 5.83. The minimum atomic E-state index is -0.632. The van der Waals surface area contributed by atoms with Gasteiger partial charge in [-0.3, -0.25) is 4.79 Å². The third-order valence-electron chi connectivity index (χ3n) is 4.00. The van der Waals surface area contributed by atoms with Crippen molar-refractivity contribution in [2.24, 2.45) is 0 Å². The molecule has 0 bridgehead atoms. The van der Waals surface area contributed by atoms with Crippen LogP contribution >= 0.6 is 11.6 Å². The summed E-state index contributed by atoms with van der Waals surface area (Å²) >= 11 is 5.89. The molecule has 2 atom stereocenters. The minimum Gasteiger partial charge on any atom is -0.481 e. The van der Waals surface area contributed by atoms with Crippen LogP contribution in [0.25, 0.3) is 0 Å². The van der Waals surface area contributed by atoms with E-state index >= 15 is 0 Å². The zero-order chi connectivity index (χ0) is 17.7. The first-order valence-electron chi connectivity index (χ1n) is 8.03. The Balaban J connectivity index is 2.08. The molecule has 0 aliphatic carbocycles. The van der Waals surface area contributed by atoms with Crippen molar-refractivity contribution in [3.63, 3.8) is 0 Å². The highest BCUT2D eigenvalue weighted by atomic mass is 35.5. The van der Waals surface area contributed by atoms with E-state index in [1.165, 1.54) is 0 Å². The van der Waals surface area contributed by atoms with Gasteiger partial charge in [0.05, 0.1) is 10.7 Å². The van der Waals surface area contributed by atoms with Gasteiger partial charge in [0.2, 0.25) is 0 Å². The molecule has 0 aliphatic heterocycles. The zero-order valence-corrected chi connectivity index (χ0v) is 14.9. The number of rotatable bonds is 6. The van der Waals surface area contributed by atoms with Gasteiger partial charge in [0.1, 0.15) is 5.75 Å². The summed E-state index contributed by atoms with van der Waals surface area (Å²) in [5, 5.41) is 3.25. The van der Waals surface area contributed by atoms with Gasteiger partial charge in [0, 0.05) is 5.69 Å². The van der Waals surface area contributed by atoms with Gasteiger partial charge < -0.3 is 15.8 Å². The van der Waals surface area contributed by atoms with E-state index in [4.69, 9.17) is 22.1 Å². The number of hydrogen-bond acceptors (Lipinski definition) is 3. The van der Waals surface area contributed by atoms with Crippen molar-refractivity contribution >= 4 is 28.9 Å². The SMILES string of the molecule is CC[C@H](C)c1ccccc1O[C@@H](C)C(=O)Nc1ccc(Cl)c(N)c1. The van der Waals surface area contributed by atoms with Gasteiger partial charge in [0.15, 0.2) is 6.10 Å². The number of carbonyl (C=O) groups is 1. The van der Waals surface area contributed by atoms with E-state index in [1.54, 1.807) is 25.1 Å². The summed E-state index contributed by atoms with van der Waals surface area (Å²) in [4.78, 5) is 12.4. The predicted octanol–water partition coefficient (Wildman–Crippen LogP) is 4.84. The molecule has 4 nitrogen and oxygen atoms in total. The molecule has 0 heterocycles. The van der Waals surface area contributed by atoms with Crippen LogP contribution in [-0.4, -0.2) is 12.0 Å². The molecule has 5 heteroatoms. The van der Waals surface area contributed by atoms with Crippen molar-refractivity contribution in [2.75, 3.05) is 11.1 Å². The molecule has 128 valence electrons. The summed E-state index contributed by atoms with van der Waals surface area (Å²) in [6.45, 7) is 5.99. The lowest BCUT2D eigenvalue weighted by atomic mass is 9.98. The first-order chi connectivity index (χ1) is 11.4. The summed E-state index contributed by atoms with van der Waals surface area (Å²) in [7, 11) is 0. The number of amides is 1. The van der Waals surface area contributed by atoms with Gasteiger partial charge >= 0.3 is 0 Å². The quantitative estimate of drug-likeness (QED) is 0.735. The fourth-order valence-corrected chi connectivity index (χ4v) is 2.44. The van der Waals surface area contributed by atoms with Crippen molar-refractivity contribution in [1.82, 2.24) is 0 Å². The lowest BCUT2D eigenvalue weighted by Crippen LogP contribution is -2.30. The van der Waals surface area contributed by atoms with Crippen LogP contribution in [0.3, 0.4) is 0 Å². The number of carbonyl (C=O) groups excluding carboxylic acids is 1. The largest absolute Gasteiger partial charge is 0.481 e. The average molecular weight is 347 g/mol. The molecule has 2 rings (SSSR count). The van der Waals surface area contributed by atoms with Crippen molar-refractivity contribution in [2.45, 2.75) is 39.2 Å². The van der Waals surface area contributed by atoms with Gasteiger partial charge in [-0.2, -0.15) is 0 Å². The predicted molar refractivity (Wildman–Crippen MR) is 99.7 cm³/mol. The number of halogens is 1.